The number of hydrogen-bond acceptors (Lipinski definition) is 5. The number of nitrogens with zero attached hydrogens (tertiary/aromatic N) is 2. The van der Waals surface area contributed by atoms with Gasteiger partial charge in [-0.15, -0.1) is 0 Å². The Morgan fingerprint density at radius 1 is 1.35 bits per heavy atom. The number of rotatable bonds is 4. The molecule has 0 atom stereocenters. The highest BCUT2D eigenvalue weighted by molar-refractivity contribution is 5.93. The number of aromatic nitrogens is 2. The van der Waals surface area contributed by atoms with Gasteiger partial charge < -0.3 is 15.6 Å². The van der Waals surface area contributed by atoms with E-state index in [4.69, 9.17) is 10.5 Å². The lowest BCUT2D eigenvalue weighted by Gasteiger charge is -2.04. The van der Waals surface area contributed by atoms with Crippen LogP contribution in [0.4, 0.5) is 0 Å². The van der Waals surface area contributed by atoms with Gasteiger partial charge in [0.15, 0.2) is 0 Å². The number of benzene rings is 1. The zero-order chi connectivity index (χ0) is 14.7. The molecule has 7 nitrogen and oxygen atoms in total. The summed E-state index contributed by atoms with van der Waals surface area (Å²) in [7, 11) is 0. The molecule has 0 fully saturated rings. The van der Waals surface area contributed by atoms with E-state index < -0.39 is 11.9 Å². The first-order valence-corrected chi connectivity index (χ1v) is 5.89. The van der Waals surface area contributed by atoms with Gasteiger partial charge in [-0.3, -0.25) is 4.79 Å². The summed E-state index contributed by atoms with van der Waals surface area (Å²) in [5.74, 6) is -1.52. The highest BCUT2D eigenvalue weighted by atomic mass is 16.5. The third-order valence-corrected chi connectivity index (χ3v) is 2.64. The minimum Gasteiger partial charge on any atom is -0.493 e. The van der Waals surface area contributed by atoms with Gasteiger partial charge in [0.25, 0.3) is 0 Å². The van der Waals surface area contributed by atoms with Crippen LogP contribution >= 0.6 is 0 Å². The van der Waals surface area contributed by atoms with Crippen LogP contribution in [0.15, 0.2) is 30.5 Å². The Balaban J connectivity index is 2.34. The average molecular weight is 275 g/mol. The predicted molar refractivity (Wildman–Crippen MR) is 69.7 cm³/mol. The van der Waals surface area contributed by atoms with Gasteiger partial charge in [-0.05, 0) is 31.2 Å². The maximum Gasteiger partial charge on any atom is 0.345 e. The van der Waals surface area contributed by atoms with Gasteiger partial charge in [0.2, 0.25) is 11.8 Å². The molecule has 104 valence electrons. The minimum atomic E-state index is -0.648. The topological polar surface area (TPSA) is 107 Å². The average Bonchev–Trinajstić information content (AvgIpc) is 2.81. The van der Waals surface area contributed by atoms with Gasteiger partial charge in [-0.25, -0.2) is 9.48 Å². The number of hydrogen-bond donors (Lipinski definition) is 2. The Bertz CT molecular complexity index is 646. The molecule has 20 heavy (non-hydrogen) atoms. The summed E-state index contributed by atoms with van der Waals surface area (Å²) in [6.45, 7) is 1.87. The Labute approximate surface area is 114 Å². The zero-order valence-electron chi connectivity index (χ0n) is 10.7. The Kier molecular flexibility index (Phi) is 3.69. The molecule has 1 aromatic carbocycles. The lowest BCUT2D eigenvalue weighted by Crippen LogP contribution is -2.10. The van der Waals surface area contributed by atoms with Crippen molar-refractivity contribution in [1.82, 2.24) is 9.78 Å². The van der Waals surface area contributed by atoms with Crippen LogP contribution in [0, 0.1) is 0 Å². The molecule has 0 bridgehead atoms. The summed E-state index contributed by atoms with van der Waals surface area (Å²) in [5.41, 5.74) is 5.94. The van der Waals surface area contributed by atoms with Crippen LogP contribution in [0.5, 0.6) is 5.88 Å². The van der Waals surface area contributed by atoms with E-state index in [0.717, 1.165) is 4.68 Å². The molecule has 0 saturated carbocycles. The van der Waals surface area contributed by atoms with Crippen molar-refractivity contribution in [3.05, 3.63) is 41.6 Å². The second-order valence-corrected chi connectivity index (χ2v) is 3.93. The van der Waals surface area contributed by atoms with Gasteiger partial charge in [-0.2, -0.15) is 5.10 Å². The summed E-state index contributed by atoms with van der Waals surface area (Å²) < 4.78 is 5.96. The molecular formula is C13H13N3O4. The van der Waals surface area contributed by atoms with Crippen molar-refractivity contribution < 1.29 is 19.4 Å². The first-order valence-electron chi connectivity index (χ1n) is 5.89. The summed E-state index contributed by atoms with van der Waals surface area (Å²) in [6, 6.07) is 6.12. The smallest absolute Gasteiger partial charge is 0.345 e. The number of aromatic hydroxyl groups is 1. The van der Waals surface area contributed by atoms with E-state index in [-0.39, 0.29) is 18.1 Å². The molecule has 0 aliphatic rings. The van der Waals surface area contributed by atoms with Crippen molar-refractivity contribution in [3.63, 3.8) is 0 Å². The van der Waals surface area contributed by atoms with Gasteiger partial charge in [0, 0.05) is 5.56 Å². The normalized spacial score (nSPS) is 10.2. The largest absolute Gasteiger partial charge is 0.493 e. The molecule has 7 heteroatoms. The number of nitrogens with two attached hydrogens (primary N) is 1. The van der Waals surface area contributed by atoms with E-state index in [1.165, 1.54) is 18.3 Å². The quantitative estimate of drug-likeness (QED) is 0.804. The van der Waals surface area contributed by atoms with Crippen LogP contribution < -0.4 is 5.73 Å². The van der Waals surface area contributed by atoms with E-state index >= 15 is 0 Å². The van der Waals surface area contributed by atoms with Gasteiger partial charge in [0.1, 0.15) is 5.56 Å². The summed E-state index contributed by atoms with van der Waals surface area (Å²) in [4.78, 5) is 22.5. The molecule has 3 N–H and O–H groups in total. The fraction of sp³-hybridized carbons (Fsp3) is 0.154. The second kappa shape index (κ2) is 5.43. The third kappa shape index (κ3) is 2.46. The molecular weight excluding hydrogens is 262 g/mol. The van der Waals surface area contributed by atoms with Crippen LogP contribution in [0.25, 0.3) is 5.69 Å². The fourth-order valence-electron chi connectivity index (χ4n) is 1.65. The molecule has 1 heterocycles. The Morgan fingerprint density at radius 3 is 2.55 bits per heavy atom. The summed E-state index contributed by atoms with van der Waals surface area (Å²) in [6.07, 6.45) is 1.22. The summed E-state index contributed by atoms with van der Waals surface area (Å²) >= 11 is 0. The zero-order valence-corrected chi connectivity index (χ0v) is 10.7. The first kappa shape index (κ1) is 13.6. The van der Waals surface area contributed by atoms with Crippen molar-refractivity contribution in [3.8, 4) is 11.6 Å². The third-order valence-electron chi connectivity index (χ3n) is 2.64. The number of amides is 1. The van der Waals surface area contributed by atoms with Crippen molar-refractivity contribution in [2.45, 2.75) is 6.92 Å². The van der Waals surface area contributed by atoms with Crippen molar-refractivity contribution in [1.29, 1.82) is 0 Å². The maximum absolute atomic E-state index is 11.6. The highest BCUT2D eigenvalue weighted by Crippen LogP contribution is 2.22. The monoisotopic (exact) mass is 275 g/mol. The molecule has 0 spiro atoms. The molecule has 0 saturated heterocycles. The van der Waals surface area contributed by atoms with E-state index in [9.17, 15) is 14.7 Å². The molecule has 0 unspecified atom stereocenters. The van der Waals surface area contributed by atoms with E-state index in [0.29, 0.717) is 11.3 Å². The van der Waals surface area contributed by atoms with E-state index in [1.807, 2.05) is 0 Å². The predicted octanol–water partition coefficient (Wildman–Crippen LogP) is 0.853. The van der Waals surface area contributed by atoms with Gasteiger partial charge >= 0.3 is 5.97 Å². The van der Waals surface area contributed by atoms with E-state index in [2.05, 4.69) is 5.10 Å². The highest BCUT2D eigenvalue weighted by Gasteiger charge is 2.18. The standard InChI is InChI=1S/C13H13N3O4/c1-2-20-13(19)10-7-15-16(12(10)18)9-5-3-8(4-6-9)11(14)17/h3-7,18H,2H2,1H3,(H2,14,17). The molecule has 0 aliphatic carbocycles. The second-order valence-electron chi connectivity index (χ2n) is 3.93. The molecule has 0 radical (unpaired) electrons. The molecule has 1 aromatic heterocycles. The molecule has 0 aliphatic heterocycles. The summed E-state index contributed by atoms with van der Waals surface area (Å²) in [5, 5.41) is 13.9. The molecule has 2 rings (SSSR count). The number of primary amides is 1. The van der Waals surface area contributed by atoms with Crippen molar-refractivity contribution in [2.24, 2.45) is 5.73 Å². The maximum atomic E-state index is 11.6. The first-order chi connectivity index (χ1) is 9.54. The van der Waals surface area contributed by atoms with E-state index in [1.54, 1.807) is 19.1 Å². The van der Waals surface area contributed by atoms with Crippen LogP contribution in [-0.4, -0.2) is 33.4 Å². The van der Waals surface area contributed by atoms with Crippen molar-refractivity contribution in [2.75, 3.05) is 6.61 Å². The van der Waals surface area contributed by atoms with Crippen LogP contribution in [0.3, 0.4) is 0 Å². The SMILES string of the molecule is CCOC(=O)c1cnn(-c2ccc(C(N)=O)cc2)c1O. The van der Waals surface area contributed by atoms with Crippen LogP contribution in [0.1, 0.15) is 27.6 Å². The van der Waals surface area contributed by atoms with Crippen molar-refractivity contribution >= 4 is 11.9 Å². The number of esters is 1. The van der Waals surface area contributed by atoms with Crippen LogP contribution in [-0.2, 0) is 4.74 Å². The van der Waals surface area contributed by atoms with Crippen LogP contribution in [0.2, 0.25) is 0 Å². The molecule has 1 amide bonds. The Morgan fingerprint density at radius 2 is 2.00 bits per heavy atom. The lowest BCUT2D eigenvalue weighted by atomic mass is 10.2. The van der Waals surface area contributed by atoms with Gasteiger partial charge in [0.05, 0.1) is 18.5 Å². The minimum absolute atomic E-state index is 0.0224. The Hall–Kier alpha value is -2.83. The fourth-order valence-corrected chi connectivity index (χ4v) is 1.65. The lowest BCUT2D eigenvalue weighted by molar-refractivity contribution is 0.0522. The number of carbonyl (C=O) groups is 2. The number of carbonyl (C=O) groups excluding carboxylic acids is 2. The number of ether oxygens (including phenoxy) is 1. The molecule has 2 aromatic rings. The van der Waals surface area contributed by atoms with Gasteiger partial charge in [-0.1, -0.05) is 0 Å².